The number of aryl methyl sites for hydroxylation is 1. The van der Waals surface area contributed by atoms with Crippen LogP contribution in [0.3, 0.4) is 0 Å². The molecule has 0 radical (unpaired) electrons. The van der Waals surface area contributed by atoms with Crippen molar-refractivity contribution in [1.82, 2.24) is 19.4 Å². The molecule has 1 aliphatic heterocycles. The molecule has 2 aliphatic rings. The molecule has 0 spiro atoms. The number of carbonyl (C=O) groups excluding carboxylic acids is 1. The van der Waals surface area contributed by atoms with Gasteiger partial charge in [0, 0.05) is 35.5 Å². The van der Waals surface area contributed by atoms with Gasteiger partial charge in [-0.15, -0.1) is 22.7 Å². The fourth-order valence-electron chi connectivity index (χ4n) is 3.99. The van der Waals surface area contributed by atoms with Crippen LogP contribution < -0.4 is 5.32 Å². The van der Waals surface area contributed by atoms with Gasteiger partial charge in [0.05, 0.1) is 15.7 Å². The number of nitrogens with zero attached hydrogens (tertiary/aromatic N) is 4. The lowest BCUT2D eigenvalue weighted by Gasteiger charge is -2.31. The first-order valence-electron chi connectivity index (χ1n) is 10.6. The van der Waals surface area contributed by atoms with Crippen LogP contribution in [0.15, 0.2) is 27.1 Å². The molecule has 1 aliphatic carbocycles. The molecular formula is C20H23N5O4S3. The van der Waals surface area contributed by atoms with Crippen LogP contribution in [0.25, 0.3) is 10.7 Å². The van der Waals surface area contributed by atoms with Gasteiger partial charge in [0.15, 0.2) is 5.13 Å². The van der Waals surface area contributed by atoms with E-state index in [0.717, 1.165) is 12.8 Å². The lowest BCUT2D eigenvalue weighted by molar-refractivity contribution is -0.120. The fourth-order valence-corrected chi connectivity index (χ4v) is 7.54. The Morgan fingerprint density at radius 2 is 2.12 bits per heavy atom. The average Bonchev–Trinajstić information content (AvgIpc) is 3.48. The zero-order valence-corrected chi connectivity index (χ0v) is 19.9. The van der Waals surface area contributed by atoms with Crippen LogP contribution >= 0.6 is 22.7 Å². The van der Waals surface area contributed by atoms with E-state index >= 15 is 0 Å². The van der Waals surface area contributed by atoms with Crippen LogP contribution in [0.5, 0.6) is 0 Å². The first kappa shape index (κ1) is 21.7. The third kappa shape index (κ3) is 4.12. The first-order chi connectivity index (χ1) is 15.4. The van der Waals surface area contributed by atoms with E-state index < -0.39 is 15.9 Å². The van der Waals surface area contributed by atoms with Crippen molar-refractivity contribution in [3.8, 4) is 10.7 Å². The molecule has 9 nitrogen and oxygen atoms in total. The predicted octanol–water partition coefficient (Wildman–Crippen LogP) is 3.87. The Bertz CT molecular complexity index is 1210. The number of amides is 1. The van der Waals surface area contributed by atoms with Crippen molar-refractivity contribution in [3.05, 3.63) is 28.4 Å². The normalized spacial score (nSPS) is 20.2. The minimum Gasteiger partial charge on any atom is -0.339 e. The molecule has 32 heavy (non-hydrogen) atoms. The van der Waals surface area contributed by atoms with E-state index in [2.05, 4.69) is 20.4 Å². The van der Waals surface area contributed by atoms with Gasteiger partial charge in [0.25, 0.3) is 0 Å². The minimum atomic E-state index is -3.75. The summed E-state index contributed by atoms with van der Waals surface area (Å²) in [6.45, 7) is 2.32. The summed E-state index contributed by atoms with van der Waals surface area (Å²) in [6, 6.07) is 1.63. The van der Waals surface area contributed by atoms with Gasteiger partial charge in [0.1, 0.15) is 0 Å². The lowest BCUT2D eigenvalue weighted by atomic mass is 9.85. The molecule has 0 aromatic carbocycles. The smallest absolute Gasteiger partial charge is 0.244 e. The summed E-state index contributed by atoms with van der Waals surface area (Å²) in [7, 11) is -3.75. The molecule has 1 unspecified atom stereocenters. The summed E-state index contributed by atoms with van der Waals surface area (Å²) in [5, 5.41) is 9.15. The summed E-state index contributed by atoms with van der Waals surface area (Å²) in [6.07, 6.45) is 6.16. The number of carbonyl (C=O) groups is 1. The Balaban J connectivity index is 1.33. The number of thiophene rings is 1. The van der Waals surface area contributed by atoms with Crippen LogP contribution in [-0.4, -0.2) is 46.8 Å². The highest BCUT2D eigenvalue weighted by atomic mass is 32.2. The van der Waals surface area contributed by atoms with Crippen LogP contribution in [0.1, 0.15) is 48.8 Å². The lowest BCUT2D eigenvalue weighted by Crippen LogP contribution is -2.43. The van der Waals surface area contributed by atoms with Crippen molar-refractivity contribution >= 4 is 43.7 Å². The Labute approximate surface area is 193 Å². The van der Waals surface area contributed by atoms with Gasteiger partial charge < -0.3 is 9.84 Å². The van der Waals surface area contributed by atoms with Gasteiger partial charge in [-0.05, 0) is 38.7 Å². The summed E-state index contributed by atoms with van der Waals surface area (Å²) in [4.78, 5) is 22.8. The molecule has 1 saturated carbocycles. The summed E-state index contributed by atoms with van der Waals surface area (Å²) in [5.41, 5.74) is 0. The maximum absolute atomic E-state index is 13.4. The minimum absolute atomic E-state index is 0.151. The van der Waals surface area contributed by atoms with Crippen molar-refractivity contribution in [2.75, 3.05) is 18.4 Å². The van der Waals surface area contributed by atoms with Gasteiger partial charge in [-0.25, -0.2) is 13.4 Å². The van der Waals surface area contributed by atoms with E-state index in [0.29, 0.717) is 51.9 Å². The molecule has 1 N–H and O–H groups in total. The summed E-state index contributed by atoms with van der Waals surface area (Å²) in [5.74, 6) is 0.773. The zero-order valence-electron chi connectivity index (χ0n) is 17.5. The van der Waals surface area contributed by atoms with Crippen molar-refractivity contribution < 1.29 is 17.7 Å². The van der Waals surface area contributed by atoms with E-state index in [1.807, 2.05) is 0 Å². The number of anilines is 1. The molecule has 170 valence electrons. The average molecular weight is 494 g/mol. The standard InChI is InChI=1S/C20H23N5O4S3/c1-12-16(10-15(31-12)17-22-19(29-24-17)13-4-2-5-13)32(27,28)25-8-3-6-14(11-25)18(26)23-20-21-7-9-30-20/h7,9-10,13-14H,2-6,8,11H2,1H3,(H,21,23,26). The maximum atomic E-state index is 13.4. The molecular weight excluding hydrogens is 470 g/mol. The number of piperidine rings is 1. The van der Waals surface area contributed by atoms with E-state index in [9.17, 15) is 13.2 Å². The maximum Gasteiger partial charge on any atom is 0.244 e. The largest absolute Gasteiger partial charge is 0.339 e. The number of hydrogen-bond acceptors (Lipinski definition) is 9. The Hall–Kier alpha value is -2.15. The van der Waals surface area contributed by atoms with E-state index in [4.69, 9.17) is 4.52 Å². The number of thiazole rings is 1. The molecule has 3 aromatic heterocycles. The third-order valence-electron chi connectivity index (χ3n) is 6.02. The third-order valence-corrected chi connectivity index (χ3v) is 9.88. The Morgan fingerprint density at radius 3 is 2.84 bits per heavy atom. The second kappa shape index (κ2) is 8.65. The number of sulfonamides is 1. The molecule has 5 rings (SSSR count). The number of rotatable bonds is 6. The van der Waals surface area contributed by atoms with Gasteiger partial charge in [-0.3, -0.25) is 4.79 Å². The highest BCUT2D eigenvalue weighted by molar-refractivity contribution is 7.89. The first-order valence-corrected chi connectivity index (χ1v) is 13.7. The van der Waals surface area contributed by atoms with Crippen LogP contribution in [0.4, 0.5) is 5.13 Å². The fraction of sp³-hybridized carbons (Fsp3) is 0.500. The molecule has 2 fully saturated rings. The van der Waals surface area contributed by atoms with Gasteiger partial charge >= 0.3 is 0 Å². The van der Waals surface area contributed by atoms with Crippen LogP contribution in [-0.2, 0) is 14.8 Å². The predicted molar refractivity (Wildman–Crippen MR) is 121 cm³/mol. The summed E-state index contributed by atoms with van der Waals surface area (Å²) < 4.78 is 33.7. The van der Waals surface area contributed by atoms with Gasteiger partial charge in [-0.2, -0.15) is 9.29 Å². The molecule has 3 aromatic rings. The SMILES string of the molecule is Cc1sc(-c2noc(C3CCC3)n2)cc1S(=O)(=O)N1CCCC(C(=O)Nc2nccs2)C1. The van der Waals surface area contributed by atoms with E-state index in [1.165, 1.54) is 33.4 Å². The Kier molecular flexibility index (Phi) is 5.86. The molecule has 1 amide bonds. The van der Waals surface area contributed by atoms with Crippen molar-refractivity contribution in [3.63, 3.8) is 0 Å². The van der Waals surface area contributed by atoms with Crippen molar-refractivity contribution in [2.24, 2.45) is 5.92 Å². The van der Waals surface area contributed by atoms with Crippen LogP contribution in [0.2, 0.25) is 0 Å². The molecule has 12 heteroatoms. The topological polar surface area (TPSA) is 118 Å². The highest BCUT2D eigenvalue weighted by Gasteiger charge is 2.35. The molecule has 0 bridgehead atoms. The van der Waals surface area contributed by atoms with Gasteiger partial charge in [-0.1, -0.05) is 11.6 Å². The van der Waals surface area contributed by atoms with Crippen molar-refractivity contribution in [2.45, 2.75) is 49.8 Å². The van der Waals surface area contributed by atoms with Crippen LogP contribution in [0, 0.1) is 12.8 Å². The van der Waals surface area contributed by atoms with E-state index in [-0.39, 0.29) is 17.3 Å². The number of aromatic nitrogens is 3. The zero-order chi connectivity index (χ0) is 22.3. The number of nitrogens with one attached hydrogen (secondary N) is 1. The van der Waals surface area contributed by atoms with Crippen molar-refractivity contribution in [1.29, 1.82) is 0 Å². The quantitative estimate of drug-likeness (QED) is 0.554. The molecule has 4 heterocycles. The second-order valence-corrected chi connectivity index (χ2v) is 12.2. The highest BCUT2D eigenvalue weighted by Crippen LogP contribution is 2.38. The van der Waals surface area contributed by atoms with Gasteiger partial charge in [0.2, 0.25) is 27.6 Å². The molecule has 1 saturated heterocycles. The molecule has 1 atom stereocenters. The summed E-state index contributed by atoms with van der Waals surface area (Å²) >= 11 is 2.68. The Morgan fingerprint density at radius 1 is 1.28 bits per heavy atom. The second-order valence-electron chi connectivity index (χ2n) is 8.14. The monoisotopic (exact) mass is 493 g/mol. The number of hydrogen-bond donors (Lipinski definition) is 1. The van der Waals surface area contributed by atoms with E-state index in [1.54, 1.807) is 24.6 Å².